The first-order valence-electron chi connectivity index (χ1n) is 7.61. The van der Waals surface area contributed by atoms with Crippen molar-refractivity contribution in [2.45, 2.75) is 44.9 Å². The molecule has 2 amide bonds. The van der Waals surface area contributed by atoms with E-state index in [1.54, 1.807) is 0 Å². The molecular weight excluding hydrogens is 276 g/mol. The Balaban J connectivity index is 1.74. The minimum atomic E-state index is -3.01. The summed E-state index contributed by atoms with van der Waals surface area (Å²) in [5.41, 5.74) is 0.488. The molecule has 0 aromatic heterocycles. The lowest BCUT2D eigenvalue weighted by atomic mass is 9.68. The van der Waals surface area contributed by atoms with Crippen molar-refractivity contribution in [3.63, 3.8) is 0 Å². The van der Waals surface area contributed by atoms with Gasteiger partial charge in [-0.3, -0.25) is 0 Å². The van der Waals surface area contributed by atoms with E-state index >= 15 is 0 Å². The highest BCUT2D eigenvalue weighted by Crippen LogP contribution is 2.44. The van der Waals surface area contributed by atoms with Crippen molar-refractivity contribution in [3.8, 4) is 0 Å². The molecule has 0 unspecified atom stereocenters. The van der Waals surface area contributed by atoms with Crippen molar-refractivity contribution in [1.82, 2.24) is 10.2 Å². The average Bonchev–Trinajstić information content (AvgIpc) is 2.39. The number of hydrogen-bond acceptors (Lipinski definition) is 3. The Morgan fingerprint density at radius 1 is 1.10 bits per heavy atom. The van der Waals surface area contributed by atoms with E-state index in [4.69, 9.17) is 0 Å². The van der Waals surface area contributed by atoms with E-state index in [2.05, 4.69) is 5.32 Å². The van der Waals surface area contributed by atoms with E-state index in [0.29, 0.717) is 5.41 Å². The van der Waals surface area contributed by atoms with Crippen molar-refractivity contribution < 1.29 is 13.2 Å². The predicted octanol–water partition coefficient (Wildman–Crippen LogP) is 1.79. The lowest BCUT2D eigenvalue weighted by Crippen LogP contribution is -2.48. The third-order valence-electron chi connectivity index (χ3n) is 4.77. The minimum Gasteiger partial charge on any atom is -0.337 e. The highest BCUT2D eigenvalue weighted by Gasteiger charge is 2.36. The number of hydrogen-bond donors (Lipinski definition) is 1. The number of urea groups is 1. The molecule has 0 bridgehead atoms. The molecular formula is C14H26N2O3S. The Morgan fingerprint density at radius 2 is 1.70 bits per heavy atom. The second-order valence-electron chi connectivity index (χ2n) is 6.41. The second kappa shape index (κ2) is 6.33. The van der Waals surface area contributed by atoms with Gasteiger partial charge in [0.25, 0.3) is 0 Å². The fourth-order valence-corrected chi connectivity index (χ4v) is 3.91. The summed E-state index contributed by atoms with van der Waals surface area (Å²) in [5, 5.41) is 2.71. The van der Waals surface area contributed by atoms with Crippen molar-refractivity contribution in [2.24, 2.45) is 5.41 Å². The molecule has 1 aliphatic carbocycles. The van der Waals surface area contributed by atoms with Crippen LogP contribution in [0.15, 0.2) is 0 Å². The highest BCUT2D eigenvalue weighted by molar-refractivity contribution is 7.90. The normalized spacial score (nSPS) is 22.8. The van der Waals surface area contributed by atoms with Gasteiger partial charge in [0.1, 0.15) is 9.84 Å². The van der Waals surface area contributed by atoms with Crippen LogP contribution in [0.3, 0.4) is 0 Å². The summed E-state index contributed by atoms with van der Waals surface area (Å²) in [6.07, 6.45) is 10.1. The molecule has 1 saturated heterocycles. The maximum atomic E-state index is 12.0. The molecule has 1 aliphatic heterocycles. The lowest BCUT2D eigenvalue weighted by molar-refractivity contribution is 0.0814. The van der Waals surface area contributed by atoms with E-state index in [0.717, 1.165) is 25.9 Å². The fraction of sp³-hybridized carbons (Fsp3) is 0.929. The monoisotopic (exact) mass is 302 g/mol. The molecule has 20 heavy (non-hydrogen) atoms. The fourth-order valence-electron chi connectivity index (χ4n) is 3.44. The molecule has 116 valence electrons. The summed E-state index contributed by atoms with van der Waals surface area (Å²) in [6, 6.07) is -0.112. The van der Waals surface area contributed by atoms with Gasteiger partial charge in [-0.25, -0.2) is 13.2 Å². The molecule has 2 aliphatic rings. The van der Waals surface area contributed by atoms with Gasteiger partial charge in [-0.15, -0.1) is 0 Å². The molecule has 5 nitrogen and oxygen atoms in total. The first kappa shape index (κ1) is 15.6. The van der Waals surface area contributed by atoms with Crippen molar-refractivity contribution in [3.05, 3.63) is 0 Å². The van der Waals surface area contributed by atoms with Crippen molar-refractivity contribution in [2.75, 3.05) is 31.6 Å². The first-order valence-corrected chi connectivity index (χ1v) is 9.67. The number of likely N-dealkylation sites (tertiary alicyclic amines) is 1. The van der Waals surface area contributed by atoms with Gasteiger partial charge in [0, 0.05) is 25.9 Å². The number of rotatable bonds is 3. The van der Waals surface area contributed by atoms with Gasteiger partial charge >= 0.3 is 6.03 Å². The maximum absolute atomic E-state index is 12.0. The second-order valence-corrected chi connectivity index (χ2v) is 8.67. The number of carbonyl (C=O) groups excluding carboxylic acids is 1. The van der Waals surface area contributed by atoms with Gasteiger partial charge < -0.3 is 10.2 Å². The van der Waals surface area contributed by atoms with Gasteiger partial charge in [-0.1, -0.05) is 19.3 Å². The zero-order chi connectivity index (χ0) is 14.6. The Morgan fingerprint density at radius 3 is 2.25 bits per heavy atom. The number of piperidine rings is 1. The molecule has 0 atom stereocenters. The van der Waals surface area contributed by atoms with E-state index in [1.165, 1.54) is 38.4 Å². The van der Waals surface area contributed by atoms with Crippen LogP contribution in [0.25, 0.3) is 0 Å². The van der Waals surface area contributed by atoms with Crippen LogP contribution in [0.5, 0.6) is 0 Å². The smallest absolute Gasteiger partial charge is 0.317 e. The van der Waals surface area contributed by atoms with Gasteiger partial charge in [-0.05, 0) is 31.1 Å². The van der Waals surface area contributed by atoms with Crippen LogP contribution in [0.1, 0.15) is 44.9 Å². The van der Waals surface area contributed by atoms with Crippen molar-refractivity contribution in [1.29, 1.82) is 0 Å². The number of nitrogens with one attached hydrogen (secondary N) is 1. The quantitative estimate of drug-likeness (QED) is 0.864. The molecule has 1 N–H and O–H groups in total. The topological polar surface area (TPSA) is 66.5 Å². The Hall–Kier alpha value is -0.780. The van der Waals surface area contributed by atoms with Gasteiger partial charge in [-0.2, -0.15) is 0 Å². The molecule has 0 radical (unpaired) electrons. The van der Waals surface area contributed by atoms with Crippen LogP contribution in [-0.2, 0) is 9.84 Å². The third-order valence-corrected chi connectivity index (χ3v) is 5.72. The molecule has 1 heterocycles. The average molecular weight is 302 g/mol. The zero-order valence-electron chi connectivity index (χ0n) is 12.4. The van der Waals surface area contributed by atoms with Crippen LogP contribution in [0.2, 0.25) is 0 Å². The standard InChI is InChI=1S/C14H26N2O3S/c1-20(18,19)12-9-15-13(17)16-10-7-14(8-11-16)5-3-2-4-6-14/h2-12H2,1H3,(H,15,17). The Kier molecular flexibility index (Phi) is 4.94. The molecule has 0 aromatic carbocycles. The summed E-state index contributed by atoms with van der Waals surface area (Å²) in [4.78, 5) is 13.8. The number of nitrogens with zero attached hydrogens (tertiary/aromatic N) is 1. The lowest BCUT2D eigenvalue weighted by Gasteiger charge is -2.44. The Bertz CT molecular complexity index is 431. The maximum Gasteiger partial charge on any atom is 0.317 e. The van der Waals surface area contributed by atoms with E-state index in [9.17, 15) is 13.2 Å². The largest absolute Gasteiger partial charge is 0.337 e. The van der Waals surface area contributed by atoms with E-state index < -0.39 is 9.84 Å². The van der Waals surface area contributed by atoms with Crippen molar-refractivity contribution >= 4 is 15.9 Å². The number of sulfone groups is 1. The van der Waals surface area contributed by atoms with E-state index in [-0.39, 0.29) is 18.3 Å². The summed E-state index contributed by atoms with van der Waals surface area (Å²) in [5.74, 6) is 0.0104. The van der Waals surface area contributed by atoms with Crippen LogP contribution < -0.4 is 5.32 Å². The van der Waals surface area contributed by atoms with E-state index in [1.807, 2.05) is 4.90 Å². The Labute approximate surface area is 122 Å². The molecule has 0 aromatic rings. The summed E-state index contributed by atoms with van der Waals surface area (Å²) in [7, 11) is -3.01. The minimum absolute atomic E-state index is 0.0104. The van der Waals surface area contributed by atoms with Crippen LogP contribution in [-0.4, -0.2) is 51.0 Å². The van der Waals surface area contributed by atoms with Gasteiger partial charge in [0.2, 0.25) is 0 Å². The molecule has 1 saturated carbocycles. The number of carbonyl (C=O) groups is 1. The van der Waals surface area contributed by atoms with Gasteiger partial charge in [0.15, 0.2) is 0 Å². The summed E-state index contributed by atoms with van der Waals surface area (Å²) in [6.45, 7) is 1.83. The van der Waals surface area contributed by atoms with Crippen LogP contribution in [0, 0.1) is 5.41 Å². The number of amides is 2. The molecule has 1 spiro atoms. The summed E-state index contributed by atoms with van der Waals surface area (Å²) < 4.78 is 22.1. The molecule has 6 heteroatoms. The third kappa shape index (κ3) is 4.36. The van der Waals surface area contributed by atoms with Gasteiger partial charge in [0.05, 0.1) is 5.75 Å². The first-order chi connectivity index (χ1) is 9.40. The highest BCUT2D eigenvalue weighted by atomic mass is 32.2. The zero-order valence-corrected chi connectivity index (χ0v) is 13.2. The molecule has 2 fully saturated rings. The molecule has 2 rings (SSSR count). The SMILES string of the molecule is CS(=O)(=O)CCNC(=O)N1CCC2(CCCCC2)CC1. The van der Waals surface area contributed by atoms with Crippen LogP contribution >= 0.6 is 0 Å². The summed E-state index contributed by atoms with van der Waals surface area (Å²) >= 11 is 0. The van der Waals surface area contributed by atoms with Crippen LogP contribution in [0.4, 0.5) is 4.79 Å². The predicted molar refractivity (Wildman–Crippen MR) is 79.4 cm³/mol.